The Morgan fingerprint density at radius 2 is 1.68 bits per heavy atom. The third-order valence-corrected chi connectivity index (χ3v) is 4.22. The number of methoxy groups -OCH3 is 1. The highest BCUT2D eigenvalue weighted by Crippen LogP contribution is 2.32. The third kappa shape index (κ3) is 3.31. The molecule has 3 rings (SSSR count). The molecule has 0 radical (unpaired) electrons. The van der Waals surface area contributed by atoms with Gasteiger partial charge in [-0.05, 0) is 35.7 Å². The number of anilines is 1. The predicted molar refractivity (Wildman–Crippen MR) is 100 cm³/mol. The number of nitrogens with zero attached hydrogens (tertiary/aromatic N) is 2. The number of aryl methyl sites for hydroxylation is 1. The van der Waals surface area contributed by atoms with Gasteiger partial charge in [-0.2, -0.15) is 5.26 Å². The Balaban J connectivity index is 2.12. The summed E-state index contributed by atoms with van der Waals surface area (Å²) in [4.78, 5) is 4.42. The van der Waals surface area contributed by atoms with Crippen molar-refractivity contribution in [3.63, 3.8) is 0 Å². The lowest BCUT2D eigenvalue weighted by atomic mass is 9.98. The van der Waals surface area contributed by atoms with Crippen molar-refractivity contribution in [3.05, 3.63) is 65.7 Å². The van der Waals surface area contributed by atoms with Crippen LogP contribution in [0.2, 0.25) is 0 Å². The van der Waals surface area contributed by atoms with Crippen molar-refractivity contribution in [1.82, 2.24) is 4.98 Å². The summed E-state index contributed by atoms with van der Waals surface area (Å²) in [6.07, 6.45) is 0.986. The topological polar surface area (TPSA) is 71.9 Å². The van der Waals surface area contributed by atoms with Crippen molar-refractivity contribution in [2.75, 3.05) is 12.8 Å². The van der Waals surface area contributed by atoms with Crippen molar-refractivity contribution in [2.24, 2.45) is 0 Å². The van der Waals surface area contributed by atoms with Crippen LogP contribution in [-0.4, -0.2) is 12.1 Å². The molecule has 1 aromatic heterocycles. The number of pyridine rings is 1. The Labute approximate surface area is 147 Å². The molecule has 2 aromatic carbocycles. The number of ether oxygens (including phenoxy) is 1. The molecule has 0 atom stereocenters. The molecule has 4 nitrogen and oxygen atoms in total. The van der Waals surface area contributed by atoms with Crippen LogP contribution in [0, 0.1) is 11.3 Å². The maximum atomic E-state index is 9.50. The average molecular weight is 329 g/mol. The summed E-state index contributed by atoms with van der Waals surface area (Å²) in [6.45, 7) is 2.12. The first-order valence-electron chi connectivity index (χ1n) is 8.10. The van der Waals surface area contributed by atoms with E-state index in [0.29, 0.717) is 5.56 Å². The fourth-order valence-corrected chi connectivity index (χ4v) is 2.74. The second-order valence-corrected chi connectivity index (χ2v) is 5.71. The Morgan fingerprint density at radius 1 is 1.04 bits per heavy atom. The van der Waals surface area contributed by atoms with Crippen LogP contribution in [0.5, 0.6) is 5.75 Å². The zero-order chi connectivity index (χ0) is 17.8. The number of nitrogens with two attached hydrogens (primary N) is 1. The summed E-state index contributed by atoms with van der Waals surface area (Å²) < 4.78 is 5.20. The molecule has 0 spiro atoms. The summed E-state index contributed by atoms with van der Waals surface area (Å²) in [5.41, 5.74) is 11.1. The van der Waals surface area contributed by atoms with E-state index in [1.165, 1.54) is 5.56 Å². The van der Waals surface area contributed by atoms with Crippen LogP contribution >= 0.6 is 0 Å². The molecule has 0 aliphatic carbocycles. The summed E-state index contributed by atoms with van der Waals surface area (Å²) in [6, 6.07) is 19.9. The Bertz CT molecular complexity index is 923. The minimum atomic E-state index is 0.241. The van der Waals surface area contributed by atoms with Gasteiger partial charge in [-0.25, -0.2) is 4.98 Å². The van der Waals surface area contributed by atoms with Crippen molar-refractivity contribution in [3.8, 4) is 34.2 Å². The number of benzene rings is 2. The summed E-state index contributed by atoms with van der Waals surface area (Å²) in [5, 5.41) is 9.50. The van der Waals surface area contributed by atoms with Crippen molar-refractivity contribution >= 4 is 5.82 Å². The van der Waals surface area contributed by atoms with Gasteiger partial charge < -0.3 is 10.5 Å². The Kier molecular flexibility index (Phi) is 4.67. The number of nitriles is 1. The van der Waals surface area contributed by atoms with Gasteiger partial charge in [0, 0.05) is 11.1 Å². The number of aromatic nitrogens is 1. The average Bonchev–Trinajstić information content (AvgIpc) is 2.67. The fourth-order valence-electron chi connectivity index (χ4n) is 2.74. The highest BCUT2D eigenvalue weighted by Gasteiger charge is 2.13. The van der Waals surface area contributed by atoms with Gasteiger partial charge in [0.1, 0.15) is 23.2 Å². The minimum absolute atomic E-state index is 0.241. The molecule has 0 unspecified atom stereocenters. The smallest absolute Gasteiger partial charge is 0.142 e. The molecular formula is C21H19N3O. The van der Waals surface area contributed by atoms with E-state index < -0.39 is 0 Å². The molecule has 0 aliphatic rings. The van der Waals surface area contributed by atoms with Crippen LogP contribution in [0.25, 0.3) is 22.4 Å². The van der Waals surface area contributed by atoms with Gasteiger partial charge >= 0.3 is 0 Å². The first-order chi connectivity index (χ1) is 12.2. The Morgan fingerprint density at radius 3 is 2.24 bits per heavy atom. The lowest BCUT2D eigenvalue weighted by Crippen LogP contribution is -2.00. The molecule has 4 heteroatoms. The predicted octanol–water partition coefficient (Wildman–Crippen LogP) is 4.44. The Hall–Kier alpha value is -3.32. The largest absolute Gasteiger partial charge is 0.497 e. The molecule has 2 N–H and O–H groups in total. The van der Waals surface area contributed by atoms with Crippen LogP contribution in [0.15, 0.2) is 54.6 Å². The lowest BCUT2D eigenvalue weighted by molar-refractivity contribution is 0.415. The van der Waals surface area contributed by atoms with E-state index in [9.17, 15) is 5.26 Å². The molecule has 0 amide bonds. The molecule has 0 fully saturated rings. The summed E-state index contributed by atoms with van der Waals surface area (Å²) >= 11 is 0. The van der Waals surface area contributed by atoms with E-state index in [2.05, 4.69) is 30.1 Å². The fraction of sp³-hybridized carbons (Fsp3) is 0.143. The normalized spacial score (nSPS) is 10.3. The van der Waals surface area contributed by atoms with Crippen LogP contribution in [0.3, 0.4) is 0 Å². The SMILES string of the molecule is CCc1ccc(-c2cc(-c3ccc(OC)cc3)c(C#N)c(N)n2)cc1. The molecule has 25 heavy (non-hydrogen) atoms. The standard InChI is InChI=1S/C21H19N3O/c1-3-14-4-6-16(7-5-14)20-12-18(19(13-22)21(23)24-20)15-8-10-17(25-2)11-9-15/h4-12H,3H2,1-2H3,(H2,23,24). The molecule has 0 saturated heterocycles. The zero-order valence-corrected chi connectivity index (χ0v) is 14.3. The van der Waals surface area contributed by atoms with Gasteiger partial charge in [0.15, 0.2) is 0 Å². The van der Waals surface area contributed by atoms with E-state index >= 15 is 0 Å². The van der Waals surface area contributed by atoms with Crippen LogP contribution in [-0.2, 0) is 6.42 Å². The van der Waals surface area contributed by atoms with E-state index in [1.54, 1.807) is 7.11 Å². The number of hydrogen-bond donors (Lipinski definition) is 1. The highest BCUT2D eigenvalue weighted by molar-refractivity contribution is 5.80. The summed E-state index contributed by atoms with van der Waals surface area (Å²) in [7, 11) is 1.62. The quantitative estimate of drug-likeness (QED) is 0.768. The van der Waals surface area contributed by atoms with Gasteiger partial charge in [0.25, 0.3) is 0 Å². The van der Waals surface area contributed by atoms with E-state index in [0.717, 1.165) is 34.6 Å². The monoisotopic (exact) mass is 329 g/mol. The number of hydrogen-bond acceptors (Lipinski definition) is 4. The van der Waals surface area contributed by atoms with Gasteiger partial charge in [0.05, 0.1) is 12.8 Å². The third-order valence-electron chi connectivity index (χ3n) is 4.22. The van der Waals surface area contributed by atoms with Gasteiger partial charge in [-0.3, -0.25) is 0 Å². The summed E-state index contributed by atoms with van der Waals surface area (Å²) in [5.74, 6) is 1.00. The zero-order valence-electron chi connectivity index (χ0n) is 14.3. The number of rotatable bonds is 4. The molecular weight excluding hydrogens is 310 g/mol. The maximum Gasteiger partial charge on any atom is 0.142 e. The van der Waals surface area contributed by atoms with Crippen molar-refractivity contribution in [1.29, 1.82) is 5.26 Å². The van der Waals surface area contributed by atoms with E-state index in [-0.39, 0.29) is 5.82 Å². The van der Waals surface area contributed by atoms with Gasteiger partial charge in [-0.1, -0.05) is 43.3 Å². The second-order valence-electron chi connectivity index (χ2n) is 5.71. The van der Waals surface area contributed by atoms with E-state index in [4.69, 9.17) is 10.5 Å². The van der Waals surface area contributed by atoms with Gasteiger partial charge in [0.2, 0.25) is 0 Å². The molecule has 0 aliphatic heterocycles. The molecule has 1 heterocycles. The van der Waals surface area contributed by atoms with Crippen LogP contribution in [0.1, 0.15) is 18.1 Å². The molecule has 0 saturated carbocycles. The number of nitrogen functional groups attached to an aromatic ring is 1. The molecule has 124 valence electrons. The highest BCUT2D eigenvalue weighted by atomic mass is 16.5. The van der Waals surface area contributed by atoms with E-state index in [1.807, 2.05) is 42.5 Å². The van der Waals surface area contributed by atoms with Crippen LogP contribution < -0.4 is 10.5 Å². The van der Waals surface area contributed by atoms with Crippen molar-refractivity contribution in [2.45, 2.75) is 13.3 Å². The lowest BCUT2D eigenvalue weighted by Gasteiger charge is -2.11. The molecule has 0 bridgehead atoms. The van der Waals surface area contributed by atoms with Gasteiger partial charge in [-0.15, -0.1) is 0 Å². The van der Waals surface area contributed by atoms with Crippen molar-refractivity contribution < 1.29 is 4.74 Å². The first-order valence-corrected chi connectivity index (χ1v) is 8.10. The second kappa shape index (κ2) is 7.06. The maximum absolute atomic E-state index is 9.50. The van der Waals surface area contributed by atoms with Crippen LogP contribution in [0.4, 0.5) is 5.82 Å². The first kappa shape index (κ1) is 16.5. The molecule has 3 aromatic rings. The minimum Gasteiger partial charge on any atom is -0.497 e.